The summed E-state index contributed by atoms with van der Waals surface area (Å²) in [6.07, 6.45) is 0.430. The first-order chi connectivity index (χ1) is 7.93. The molecule has 0 saturated carbocycles. The lowest BCUT2D eigenvalue weighted by Crippen LogP contribution is -2.37. The minimum absolute atomic E-state index is 0.0672. The SMILES string of the molecule is CC(=O)N(O)CCC(CC[N+](C)(C)C)P(=O)(O)O. The number of hydroxylamine groups is 2. The van der Waals surface area contributed by atoms with Crippen LogP contribution in [-0.2, 0) is 9.36 Å². The maximum atomic E-state index is 11.3. The van der Waals surface area contributed by atoms with Crippen LogP contribution in [0, 0.1) is 0 Å². The van der Waals surface area contributed by atoms with Crippen molar-refractivity contribution in [2.45, 2.75) is 25.4 Å². The number of carbonyl (C=O) groups excluding carboxylic acids is 1. The van der Waals surface area contributed by atoms with Gasteiger partial charge in [-0.1, -0.05) is 0 Å². The van der Waals surface area contributed by atoms with Crippen molar-refractivity contribution in [3.05, 3.63) is 0 Å². The zero-order chi connectivity index (χ0) is 14.6. The Bertz CT molecular complexity index is 323. The topological polar surface area (TPSA) is 98.1 Å². The quantitative estimate of drug-likeness (QED) is 0.269. The Morgan fingerprint density at radius 1 is 1.28 bits per heavy atom. The summed E-state index contributed by atoms with van der Waals surface area (Å²) in [4.78, 5) is 29.3. The minimum atomic E-state index is -4.21. The van der Waals surface area contributed by atoms with Gasteiger partial charge >= 0.3 is 7.60 Å². The van der Waals surface area contributed by atoms with Gasteiger partial charge in [0, 0.05) is 19.9 Å². The molecule has 7 nitrogen and oxygen atoms in total. The molecule has 0 heterocycles. The summed E-state index contributed by atoms with van der Waals surface area (Å²) in [5.74, 6) is -0.536. The van der Waals surface area contributed by atoms with E-state index >= 15 is 0 Å². The van der Waals surface area contributed by atoms with Crippen molar-refractivity contribution >= 4 is 13.5 Å². The molecule has 0 aliphatic rings. The van der Waals surface area contributed by atoms with Gasteiger partial charge in [0.05, 0.1) is 33.3 Å². The number of nitrogens with zero attached hydrogens (tertiary/aromatic N) is 2. The van der Waals surface area contributed by atoms with Crippen molar-refractivity contribution in [3.63, 3.8) is 0 Å². The van der Waals surface area contributed by atoms with Crippen LogP contribution in [0.15, 0.2) is 0 Å². The molecule has 108 valence electrons. The molecule has 0 bridgehead atoms. The number of quaternary nitrogens is 1. The molecule has 8 heteroatoms. The van der Waals surface area contributed by atoms with Crippen LogP contribution < -0.4 is 0 Å². The van der Waals surface area contributed by atoms with E-state index in [1.807, 2.05) is 21.1 Å². The van der Waals surface area contributed by atoms with E-state index < -0.39 is 19.2 Å². The molecule has 3 N–H and O–H groups in total. The van der Waals surface area contributed by atoms with Gasteiger partial charge in [0.25, 0.3) is 0 Å². The summed E-state index contributed by atoms with van der Waals surface area (Å²) >= 11 is 0. The summed E-state index contributed by atoms with van der Waals surface area (Å²) in [5, 5.41) is 9.68. The Balaban J connectivity index is 4.44. The highest BCUT2D eigenvalue weighted by Gasteiger charge is 2.30. The fourth-order valence-electron chi connectivity index (χ4n) is 1.45. The van der Waals surface area contributed by atoms with Crippen LogP contribution in [0.5, 0.6) is 0 Å². The van der Waals surface area contributed by atoms with Crippen molar-refractivity contribution in [1.29, 1.82) is 0 Å². The molecule has 0 aliphatic heterocycles. The molecule has 0 aromatic heterocycles. The fraction of sp³-hybridized carbons (Fsp3) is 0.900. The highest BCUT2D eigenvalue weighted by atomic mass is 31.2. The zero-order valence-corrected chi connectivity index (χ0v) is 12.3. The number of hydrogen-bond donors (Lipinski definition) is 3. The van der Waals surface area contributed by atoms with Gasteiger partial charge in [-0.15, -0.1) is 0 Å². The number of carbonyl (C=O) groups is 1. The molecule has 0 aromatic rings. The first kappa shape index (κ1) is 17.5. The molecule has 0 saturated heterocycles. The lowest BCUT2D eigenvalue weighted by Gasteiger charge is -2.27. The maximum absolute atomic E-state index is 11.3. The van der Waals surface area contributed by atoms with E-state index in [1.165, 1.54) is 6.92 Å². The minimum Gasteiger partial charge on any atom is -0.331 e. The molecule has 1 unspecified atom stereocenters. The number of amides is 1. The predicted octanol–water partition coefficient (Wildman–Crippen LogP) is 0.257. The number of hydrogen-bond acceptors (Lipinski definition) is 3. The highest BCUT2D eigenvalue weighted by molar-refractivity contribution is 7.52. The van der Waals surface area contributed by atoms with Crippen molar-refractivity contribution in [1.82, 2.24) is 5.06 Å². The van der Waals surface area contributed by atoms with Crippen LogP contribution in [0.2, 0.25) is 0 Å². The standard InChI is InChI=1S/C10H23N2O5P/c1-9(13)11(14)7-5-10(18(15,16)17)6-8-12(2,3)4/h10,14H,5-8H2,1-4H3,(H-,15,16,17)/p+1. The first-order valence-electron chi connectivity index (χ1n) is 5.76. The smallest absolute Gasteiger partial charge is 0.328 e. The van der Waals surface area contributed by atoms with Gasteiger partial charge in [-0.25, -0.2) is 5.06 Å². The average molecular weight is 283 g/mol. The second-order valence-corrected chi connectivity index (χ2v) is 7.38. The summed E-state index contributed by atoms with van der Waals surface area (Å²) in [6.45, 7) is 1.74. The maximum Gasteiger partial charge on any atom is 0.328 e. The molecular weight excluding hydrogens is 259 g/mol. The number of rotatable bonds is 7. The van der Waals surface area contributed by atoms with Gasteiger partial charge in [-0.2, -0.15) is 0 Å². The average Bonchev–Trinajstić information content (AvgIpc) is 2.12. The molecule has 1 amide bonds. The Morgan fingerprint density at radius 3 is 2.11 bits per heavy atom. The van der Waals surface area contributed by atoms with Crippen LogP contribution in [-0.4, -0.2) is 70.3 Å². The van der Waals surface area contributed by atoms with Crippen LogP contribution in [0.4, 0.5) is 0 Å². The van der Waals surface area contributed by atoms with Crippen LogP contribution in [0.25, 0.3) is 0 Å². The van der Waals surface area contributed by atoms with E-state index in [9.17, 15) is 24.4 Å². The largest absolute Gasteiger partial charge is 0.331 e. The van der Waals surface area contributed by atoms with E-state index in [1.54, 1.807) is 0 Å². The third-order valence-corrected chi connectivity index (χ3v) is 4.11. The zero-order valence-electron chi connectivity index (χ0n) is 11.4. The summed E-state index contributed by atoms with van der Waals surface area (Å²) in [6, 6.07) is 0. The van der Waals surface area contributed by atoms with Crippen molar-refractivity contribution in [2.75, 3.05) is 34.2 Å². The Kier molecular flexibility index (Phi) is 6.46. The van der Waals surface area contributed by atoms with Crippen molar-refractivity contribution in [2.24, 2.45) is 0 Å². The van der Waals surface area contributed by atoms with Crippen LogP contribution >= 0.6 is 7.60 Å². The second-order valence-electron chi connectivity index (χ2n) is 5.48. The second kappa shape index (κ2) is 6.63. The predicted molar refractivity (Wildman–Crippen MR) is 67.1 cm³/mol. The molecular formula is C10H24N2O5P+. The van der Waals surface area contributed by atoms with Crippen molar-refractivity contribution in [3.8, 4) is 0 Å². The van der Waals surface area contributed by atoms with E-state index in [0.29, 0.717) is 22.5 Å². The summed E-state index contributed by atoms with van der Waals surface area (Å²) in [7, 11) is 1.60. The van der Waals surface area contributed by atoms with Gasteiger partial charge in [0.2, 0.25) is 5.91 Å². The van der Waals surface area contributed by atoms with Gasteiger partial charge in [-0.3, -0.25) is 14.6 Å². The van der Waals surface area contributed by atoms with Crippen LogP contribution in [0.3, 0.4) is 0 Å². The summed E-state index contributed by atoms with van der Waals surface area (Å²) < 4.78 is 11.9. The van der Waals surface area contributed by atoms with Crippen LogP contribution in [0.1, 0.15) is 19.8 Å². The van der Waals surface area contributed by atoms with E-state index in [0.717, 1.165) is 0 Å². The Labute approximate surface area is 108 Å². The van der Waals surface area contributed by atoms with Crippen molar-refractivity contribution < 1.29 is 28.8 Å². The fourth-order valence-corrected chi connectivity index (χ4v) is 2.35. The monoisotopic (exact) mass is 283 g/mol. The molecule has 1 atom stereocenters. The van der Waals surface area contributed by atoms with E-state index in [4.69, 9.17) is 0 Å². The van der Waals surface area contributed by atoms with E-state index in [-0.39, 0.29) is 13.0 Å². The van der Waals surface area contributed by atoms with Gasteiger partial charge < -0.3 is 14.3 Å². The molecule has 0 rings (SSSR count). The molecule has 0 fully saturated rings. The molecule has 0 aliphatic carbocycles. The molecule has 0 radical (unpaired) electrons. The third kappa shape index (κ3) is 7.79. The summed E-state index contributed by atoms with van der Waals surface area (Å²) in [5.41, 5.74) is -0.830. The lowest BCUT2D eigenvalue weighted by molar-refractivity contribution is -0.870. The Morgan fingerprint density at radius 2 is 1.78 bits per heavy atom. The molecule has 0 spiro atoms. The van der Waals surface area contributed by atoms with Gasteiger partial charge in [-0.05, 0) is 6.42 Å². The third-order valence-electron chi connectivity index (χ3n) is 2.65. The van der Waals surface area contributed by atoms with Gasteiger partial charge in [0.15, 0.2) is 0 Å². The lowest BCUT2D eigenvalue weighted by atomic mass is 10.2. The molecule has 18 heavy (non-hydrogen) atoms. The normalized spacial score (nSPS) is 14.4. The van der Waals surface area contributed by atoms with Gasteiger partial charge in [0.1, 0.15) is 0 Å². The highest BCUT2D eigenvalue weighted by Crippen LogP contribution is 2.44. The first-order valence-corrected chi connectivity index (χ1v) is 7.44. The van der Waals surface area contributed by atoms with E-state index in [2.05, 4.69) is 0 Å². The molecule has 0 aromatic carbocycles. The Hall–Kier alpha value is -0.460.